The summed E-state index contributed by atoms with van der Waals surface area (Å²) in [6.45, 7) is 2.54. The van der Waals surface area contributed by atoms with Crippen LogP contribution in [0, 0.1) is 5.41 Å². The number of carbonyl (C=O) groups excluding carboxylic acids is 2. The van der Waals surface area contributed by atoms with Crippen molar-refractivity contribution in [3.8, 4) is 0 Å². The number of nitrogens with one attached hydrogen (secondary N) is 2. The second kappa shape index (κ2) is 5.95. The Morgan fingerprint density at radius 2 is 2.00 bits per heavy atom. The van der Waals surface area contributed by atoms with Gasteiger partial charge in [-0.2, -0.15) is 0 Å². The second-order valence-electron chi connectivity index (χ2n) is 5.18. The van der Waals surface area contributed by atoms with Crippen molar-refractivity contribution in [1.82, 2.24) is 5.32 Å². The topological polar surface area (TPSA) is 95.5 Å². The van der Waals surface area contributed by atoms with Gasteiger partial charge in [0.05, 0.1) is 0 Å². The van der Waals surface area contributed by atoms with Gasteiger partial charge in [0.1, 0.15) is 5.41 Å². The van der Waals surface area contributed by atoms with Crippen molar-refractivity contribution < 1.29 is 19.5 Å². The molecule has 0 spiro atoms. The van der Waals surface area contributed by atoms with E-state index in [-0.39, 0.29) is 5.91 Å². The van der Waals surface area contributed by atoms with E-state index in [4.69, 9.17) is 5.11 Å². The van der Waals surface area contributed by atoms with Crippen molar-refractivity contribution in [3.05, 3.63) is 29.8 Å². The predicted octanol–water partition coefficient (Wildman–Crippen LogP) is 1.63. The largest absolute Gasteiger partial charge is 0.480 e. The highest BCUT2D eigenvalue weighted by Gasteiger charge is 2.57. The van der Waals surface area contributed by atoms with E-state index in [0.717, 1.165) is 6.42 Å². The molecule has 1 saturated carbocycles. The number of hydrogen-bond acceptors (Lipinski definition) is 3. The molecular weight excluding hydrogens is 272 g/mol. The van der Waals surface area contributed by atoms with Gasteiger partial charge >= 0.3 is 5.97 Å². The molecule has 0 unspecified atom stereocenters. The molecular formula is C15H18N2O4. The Labute approximate surface area is 122 Å². The smallest absolute Gasteiger partial charge is 0.319 e. The number of carboxylic acid groups (broad SMARTS) is 1. The number of hydrogen-bond donors (Lipinski definition) is 3. The fourth-order valence-corrected chi connectivity index (χ4v) is 1.99. The van der Waals surface area contributed by atoms with Crippen LogP contribution >= 0.6 is 0 Å². The molecule has 21 heavy (non-hydrogen) atoms. The van der Waals surface area contributed by atoms with Crippen LogP contribution in [0.3, 0.4) is 0 Å². The van der Waals surface area contributed by atoms with E-state index in [1.807, 2.05) is 6.92 Å². The van der Waals surface area contributed by atoms with E-state index >= 15 is 0 Å². The lowest BCUT2D eigenvalue weighted by molar-refractivity contribution is -0.147. The number of rotatable bonds is 6. The Morgan fingerprint density at radius 3 is 2.57 bits per heavy atom. The minimum absolute atomic E-state index is 0.215. The molecule has 1 fully saturated rings. The minimum Gasteiger partial charge on any atom is -0.480 e. The zero-order valence-corrected chi connectivity index (χ0v) is 11.8. The van der Waals surface area contributed by atoms with Crippen LogP contribution in [0.1, 0.15) is 36.5 Å². The fraction of sp³-hybridized carbons (Fsp3) is 0.400. The first-order chi connectivity index (χ1) is 9.99. The van der Waals surface area contributed by atoms with Gasteiger partial charge in [-0.1, -0.05) is 13.0 Å². The van der Waals surface area contributed by atoms with Gasteiger partial charge in [-0.05, 0) is 37.5 Å². The van der Waals surface area contributed by atoms with Gasteiger partial charge in [-0.25, -0.2) is 0 Å². The van der Waals surface area contributed by atoms with Crippen molar-refractivity contribution in [3.63, 3.8) is 0 Å². The first-order valence-electron chi connectivity index (χ1n) is 6.93. The zero-order chi connectivity index (χ0) is 15.5. The third-order valence-electron chi connectivity index (χ3n) is 3.51. The Balaban J connectivity index is 2.06. The Hall–Kier alpha value is -2.37. The van der Waals surface area contributed by atoms with Crippen LogP contribution in [-0.2, 0) is 9.59 Å². The van der Waals surface area contributed by atoms with Crippen LogP contribution < -0.4 is 10.6 Å². The maximum absolute atomic E-state index is 12.0. The van der Waals surface area contributed by atoms with Gasteiger partial charge in [0.25, 0.3) is 5.91 Å². The number of carbonyl (C=O) groups is 3. The molecule has 0 atom stereocenters. The third-order valence-corrected chi connectivity index (χ3v) is 3.51. The van der Waals surface area contributed by atoms with E-state index in [1.54, 1.807) is 24.3 Å². The lowest BCUT2D eigenvalue weighted by Gasteiger charge is -2.11. The molecule has 0 saturated heterocycles. The molecule has 0 heterocycles. The lowest BCUT2D eigenvalue weighted by atomic mass is 10.1. The van der Waals surface area contributed by atoms with Gasteiger partial charge in [0.2, 0.25) is 5.91 Å². The van der Waals surface area contributed by atoms with Gasteiger partial charge in [0.15, 0.2) is 0 Å². The molecule has 1 aromatic carbocycles. The Bertz CT molecular complexity index is 579. The maximum Gasteiger partial charge on any atom is 0.319 e. The van der Waals surface area contributed by atoms with Crippen molar-refractivity contribution >= 4 is 23.5 Å². The van der Waals surface area contributed by atoms with Crippen molar-refractivity contribution in [2.24, 2.45) is 5.41 Å². The summed E-state index contributed by atoms with van der Waals surface area (Å²) in [5, 5.41) is 14.4. The summed E-state index contributed by atoms with van der Waals surface area (Å²) in [5.41, 5.74) is -0.432. The highest BCUT2D eigenvalue weighted by molar-refractivity contribution is 6.11. The van der Waals surface area contributed by atoms with Crippen LogP contribution in [0.15, 0.2) is 24.3 Å². The average molecular weight is 290 g/mol. The molecule has 0 radical (unpaired) electrons. The van der Waals surface area contributed by atoms with Crippen LogP contribution in [-0.4, -0.2) is 29.4 Å². The number of amides is 2. The molecule has 1 aliphatic carbocycles. The molecule has 6 heteroatoms. The molecule has 112 valence electrons. The zero-order valence-electron chi connectivity index (χ0n) is 11.8. The summed E-state index contributed by atoms with van der Waals surface area (Å²) < 4.78 is 0. The van der Waals surface area contributed by atoms with Gasteiger partial charge in [-0.15, -0.1) is 0 Å². The van der Waals surface area contributed by atoms with Gasteiger partial charge in [-0.3, -0.25) is 14.4 Å². The number of aliphatic carboxylic acids is 1. The Kier molecular flexibility index (Phi) is 4.26. The van der Waals surface area contributed by atoms with E-state index in [2.05, 4.69) is 10.6 Å². The quantitative estimate of drug-likeness (QED) is 0.694. The Morgan fingerprint density at radius 1 is 1.29 bits per heavy atom. The van der Waals surface area contributed by atoms with Crippen molar-refractivity contribution in [2.75, 3.05) is 11.9 Å². The molecule has 3 N–H and O–H groups in total. The SMILES string of the molecule is CCCNC(=O)c1cccc(NC(=O)C2(C(=O)O)CC2)c1. The highest BCUT2D eigenvalue weighted by Crippen LogP contribution is 2.46. The van der Waals surface area contributed by atoms with E-state index in [0.29, 0.717) is 30.6 Å². The molecule has 1 aromatic rings. The molecule has 0 aliphatic heterocycles. The molecule has 2 rings (SSSR count). The van der Waals surface area contributed by atoms with Crippen LogP contribution in [0.25, 0.3) is 0 Å². The number of anilines is 1. The van der Waals surface area contributed by atoms with Crippen LogP contribution in [0.2, 0.25) is 0 Å². The van der Waals surface area contributed by atoms with Crippen LogP contribution in [0.5, 0.6) is 0 Å². The molecule has 6 nitrogen and oxygen atoms in total. The lowest BCUT2D eigenvalue weighted by Crippen LogP contribution is -2.31. The summed E-state index contributed by atoms with van der Waals surface area (Å²) in [7, 11) is 0. The monoisotopic (exact) mass is 290 g/mol. The average Bonchev–Trinajstić information content (AvgIpc) is 3.26. The third kappa shape index (κ3) is 3.21. The van der Waals surface area contributed by atoms with E-state index < -0.39 is 17.3 Å². The maximum atomic E-state index is 12.0. The number of benzene rings is 1. The van der Waals surface area contributed by atoms with Gasteiger partial charge < -0.3 is 15.7 Å². The number of carboxylic acids is 1. The summed E-state index contributed by atoms with van der Waals surface area (Å²) >= 11 is 0. The first-order valence-corrected chi connectivity index (χ1v) is 6.93. The molecule has 2 amide bonds. The molecule has 0 aromatic heterocycles. The predicted molar refractivity (Wildman–Crippen MR) is 77.0 cm³/mol. The highest BCUT2D eigenvalue weighted by atomic mass is 16.4. The summed E-state index contributed by atoms with van der Waals surface area (Å²) in [4.78, 5) is 34.9. The normalized spacial score (nSPS) is 15.1. The van der Waals surface area contributed by atoms with Crippen molar-refractivity contribution in [1.29, 1.82) is 0 Å². The molecule has 0 bridgehead atoms. The fourth-order valence-electron chi connectivity index (χ4n) is 1.99. The second-order valence-corrected chi connectivity index (χ2v) is 5.18. The van der Waals surface area contributed by atoms with Crippen molar-refractivity contribution in [2.45, 2.75) is 26.2 Å². The summed E-state index contributed by atoms with van der Waals surface area (Å²) in [5.74, 6) is -1.84. The summed E-state index contributed by atoms with van der Waals surface area (Å²) in [6.07, 6.45) is 1.54. The van der Waals surface area contributed by atoms with E-state index in [1.165, 1.54) is 0 Å². The van der Waals surface area contributed by atoms with E-state index in [9.17, 15) is 14.4 Å². The standard InChI is InChI=1S/C15H18N2O4/c1-2-8-16-12(18)10-4-3-5-11(9-10)17-13(19)15(6-7-15)14(20)21/h3-5,9H,2,6-8H2,1H3,(H,16,18)(H,17,19)(H,20,21). The van der Waals surface area contributed by atoms with Crippen LogP contribution in [0.4, 0.5) is 5.69 Å². The summed E-state index contributed by atoms with van der Waals surface area (Å²) in [6, 6.07) is 6.47. The minimum atomic E-state index is -1.29. The molecule has 1 aliphatic rings. The first kappa shape index (κ1) is 15.0. The van der Waals surface area contributed by atoms with Gasteiger partial charge in [0, 0.05) is 17.8 Å².